The number of nitrogen functional groups attached to an aromatic ring is 1. The molecule has 0 saturated carbocycles. The Hall–Kier alpha value is -2.76. The first-order valence-corrected chi connectivity index (χ1v) is 6.40. The summed E-state index contributed by atoms with van der Waals surface area (Å²) in [7, 11) is 0. The zero-order chi connectivity index (χ0) is 15.4. The molecule has 0 radical (unpaired) electrons. The van der Waals surface area contributed by atoms with E-state index in [2.05, 4.69) is 5.32 Å². The highest BCUT2D eigenvalue weighted by Crippen LogP contribution is 2.26. The normalized spacial score (nSPS) is 10.2. The number of ether oxygens (including phenoxy) is 1. The van der Waals surface area contributed by atoms with Crippen LogP contribution in [0.4, 0.5) is 21.5 Å². The molecule has 0 unspecified atom stereocenters. The number of anilines is 3. The highest BCUT2D eigenvalue weighted by molar-refractivity contribution is 5.99. The van der Waals surface area contributed by atoms with Crippen molar-refractivity contribution in [1.29, 1.82) is 0 Å². The van der Waals surface area contributed by atoms with Crippen LogP contribution < -0.4 is 21.5 Å². The molecular weight excluding hydrogens is 273 g/mol. The molecule has 110 valence electrons. The second-order valence-electron chi connectivity index (χ2n) is 4.37. The van der Waals surface area contributed by atoms with E-state index in [0.29, 0.717) is 18.0 Å². The average molecular weight is 289 g/mol. The van der Waals surface area contributed by atoms with Crippen molar-refractivity contribution in [2.24, 2.45) is 5.73 Å². The molecule has 0 aromatic heterocycles. The molecule has 2 aromatic carbocycles. The van der Waals surface area contributed by atoms with Crippen molar-refractivity contribution in [1.82, 2.24) is 0 Å². The first-order valence-electron chi connectivity index (χ1n) is 6.40. The molecular formula is C15H16FN3O2. The Labute approximate surface area is 121 Å². The number of benzene rings is 2. The van der Waals surface area contributed by atoms with E-state index < -0.39 is 11.7 Å². The zero-order valence-electron chi connectivity index (χ0n) is 11.5. The Morgan fingerprint density at radius 3 is 2.76 bits per heavy atom. The molecule has 2 rings (SSSR count). The van der Waals surface area contributed by atoms with Gasteiger partial charge in [-0.3, -0.25) is 4.79 Å². The molecule has 0 aliphatic heterocycles. The number of nitrogens with two attached hydrogens (primary N) is 2. The summed E-state index contributed by atoms with van der Waals surface area (Å²) < 4.78 is 19.3. The third-order valence-corrected chi connectivity index (χ3v) is 2.83. The standard InChI is InChI=1S/C15H16FN3O2/c1-2-21-10-5-3-4-9(6-10)19-14-7-11(15(18)20)13(17)8-12(14)16/h3-8,19H,2,17H2,1H3,(H2,18,20). The Kier molecular flexibility index (Phi) is 4.27. The Morgan fingerprint density at radius 1 is 1.33 bits per heavy atom. The Morgan fingerprint density at radius 2 is 2.10 bits per heavy atom. The minimum Gasteiger partial charge on any atom is -0.494 e. The molecule has 0 bridgehead atoms. The van der Waals surface area contributed by atoms with Crippen LogP contribution in [0.3, 0.4) is 0 Å². The zero-order valence-corrected chi connectivity index (χ0v) is 11.5. The van der Waals surface area contributed by atoms with Gasteiger partial charge in [0.25, 0.3) is 5.91 Å². The first kappa shape index (κ1) is 14.6. The fourth-order valence-corrected chi connectivity index (χ4v) is 1.88. The van der Waals surface area contributed by atoms with Gasteiger partial charge in [-0.1, -0.05) is 6.07 Å². The molecule has 0 heterocycles. The second kappa shape index (κ2) is 6.13. The van der Waals surface area contributed by atoms with E-state index in [4.69, 9.17) is 16.2 Å². The molecule has 0 atom stereocenters. The molecule has 0 saturated heterocycles. The number of nitrogens with one attached hydrogen (secondary N) is 1. The minimum atomic E-state index is -0.710. The topological polar surface area (TPSA) is 90.4 Å². The molecule has 0 aliphatic carbocycles. The van der Waals surface area contributed by atoms with Crippen molar-refractivity contribution < 1.29 is 13.9 Å². The lowest BCUT2D eigenvalue weighted by molar-refractivity contribution is 0.100. The lowest BCUT2D eigenvalue weighted by atomic mass is 10.1. The SMILES string of the molecule is CCOc1cccc(Nc2cc(C(N)=O)c(N)cc2F)c1. The predicted octanol–water partition coefficient (Wildman–Crippen LogP) is 2.65. The maximum Gasteiger partial charge on any atom is 0.250 e. The summed E-state index contributed by atoms with van der Waals surface area (Å²) in [6, 6.07) is 9.40. The van der Waals surface area contributed by atoms with Gasteiger partial charge >= 0.3 is 0 Å². The van der Waals surface area contributed by atoms with E-state index in [-0.39, 0.29) is 16.9 Å². The Bertz CT molecular complexity index is 674. The van der Waals surface area contributed by atoms with E-state index in [1.165, 1.54) is 6.07 Å². The summed E-state index contributed by atoms with van der Waals surface area (Å²) in [6.45, 7) is 2.41. The van der Waals surface area contributed by atoms with Crippen LogP contribution in [0, 0.1) is 5.82 Å². The number of primary amides is 1. The number of halogens is 1. The summed E-state index contributed by atoms with van der Waals surface area (Å²) in [4.78, 5) is 11.2. The van der Waals surface area contributed by atoms with Crippen LogP contribution in [0.15, 0.2) is 36.4 Å². The van der Waals surface area contributed by atoms with Gasteiger partial charge in [-0.05, 0) is 31.2 Å². The largest absolute Gasteiger partial charge is 0.494 e. The maximum absolute atomic E-state index is 13.9. The summed E-state index contributed by atoms with van der Waals surface area (Å²) in [5.41, 5.74) is 11.6. The van der Waals surface area contributed by atoms with Gasteiger partial charge in [0, 0.05) is 17.4 Å². The van der Waals surface area contributed by atoms with Crippen LogP contribution in [0.25, 0.3) is 0 Å². The van der Waals surface area contributed by atoms with Crippen molar-refractivity contribution in [3.8, 4) is 5.75 Å². The summed E-state index contributed by atoms with van der Waals surface area (Å²) in [5.74, 6) is -0.619. The van der Waals surface area contributed by atoms with Crippen molar-refractivity contribution in [2.75, 3.05) is 17.7 Å². The van der Waals surface area contributed by atoms with Crippen LogP contribution in [-0.2, 0) is 0 Å². The molecule has 1 amide bonds. The van der Waals surface area contributed by atoms with E-state index >= 15 is 0 Å². The quantitative estimate of drug-likeness (QED) is 0.738. The first-order chi connectivity index (χ1) is 10.0. The van der Waals surface area contributed by atoms with Crippen LogP contribution in [0.1, 0.15) is 17.3 Å². The lowest BCUT2D eigenvalue weighted by Gasteiger charge is -2.12. The molecule has 0 fully saturated rings. The van der Waals surface area contributed by atoms with Gasteiger partial charge in [0.05, 0.1) is 17.9 Å². The lowest BCUT2D eigenvalue weighted by Crippen LogP contribution is -2.14. The molecule has 5 N–H and O–H groups in total. The third-order valence-electron chi connectivity index (χ3n) is 2.83. The fourth-order valence-electron chi connectivity index (χ4n) is 1.88. The third kappa shape index (κ3) is 3.42. The van der Waals surface area contributed by atoms with Crippen LogP contribution in [0.5, 0.6) is 5.75 Å². The minimum absolute atomic E-state index is 0.00798. The van der Waals surface area contributed by atoms with E-state index in [9.17, 15) is 9.18 Å². The molecule has 21 heavy (non-hydrogen) atoms. The molecule has 6 heteroatoms. The van der Waals surface area contributed by atoms with Crippen molar-refractivity contribution in [3.63, 3.8) is 0 Å². The van der Waals surface area contributed by atoms with Gasteiger partial charge < -0.3 is 21.5 Å². The maximum atomic E-state index is 13.9. The van der Waals surface area contributed by atoms with E-state index in [1.54, 1.807) is 24.3 Å². The van der Waals surface area contributed by atoms with Gasteiger partial charge in [0.2, 0.25) is 0 Å². The van der Waals surface area contributed by atoms with Gasteiger partial charge in [-0.15, -0.1) is 0 Å². The van der Waals surface area contributed by atoms with Gasteiger partial charge in [0.1, 0.15) is 11.6 Å². The van der Waals surface area contributed by atoms with Gasteiger partial charge in [-0.25, -0.2) is 4.39 Å². The number of hydrogen-bond acceptors (Lipinski definition) is 4. The van der Waals surface area contributed by atoms with E-state index in [1.807, 2.05) is 6.92 Å². The number of carbonyl (C=O) groups is 1. The summed E-state index contributed by atoms with van der Waals surface area (Å²) in [6.07, 6.45) is 0. The van der Waals surface area contributed by atoms with Gasteiger partial charge in [0.15, 0.2) is 0 Å². The monoisotopic (exact) mass is 289 g/mol. The van der Waals surface area contributed by atoms with Gasteiger partial charge in [-0.2, -0.15) is 0 Å². The summed E-state index contributed by atoms with van der Waals surface area (Å²) >= 11 is 0. The van der Waals surface area contributed by atoms with Crippen molar-refractivity contribution in [3.05, 3.63) is 47.8 Å². The average Bonchev–Trinajstić information content (AvgIpc) is 2.42. The Balaban J connectivity index is 2.33. The number of hydrogen-bond donors (Lipinski definition) is 3. The molecule has 0 aliphatic rings. The molecule has 0 spiro atoms. The molecule has 2 aromatic rings. The predicted molar refractivity (Wildman–Crippen MR) is 80.2 cm³/mol. The van der Waals surface area contributed by atoms with E-state index in [0.717, 1.165) is 6.07 Å². The number of rotatable bonds is 5. The highest BCUT2D eigenvalue weighted by atomic mass is 19.1. The van der Waals surface area contributed by atoms with Crippen molar-refractivity contribution >= 4 is 23.0 Å². The highest BCUT2D eigenvalue weighted by Gasteiger charge is 2.12. The smallest absolute Gasteiger partial charge is 0.250 e. The van der Waals surface area contributed by atoms with Crippen LogP contribution in [0.2, 0.25) is 0 Å². The molecule has 5 nitrogen and oxygen atoms in total. The summed E-state index contributed by atoms with van der Waals surface area (Å²) in [5, 5.41) is 2.88. The van der Waals surface area contributed by atoms with Crippen LogP contribution in [-0.4, -0.2) is 12.5 Å². The van der Waals surface area contributed by atoms with Crippen LogP contribution >= 0.6 is 0 Å². The number of amides is 1. The van der Waals surface area contributed by atoms with Crippen molar-refractivity contribution in [2.45, 2.75) is 6.92 Å². The second-order valence-corrected chi connectivity index (χ2v) is 4.37. The fraction of sp³-hybridized carbons (Fsp3) is 0.133. The number of carbonyl (C=O) groups excluding carboxylic acids is 1.